The Bertz CT molecular complexity index is 1010. The van der Waals surface area contributed by atoms with Crippen molar-refractivity contribution in [1.29, 1.82) is 0 Å². The first-order valence-corrected chi connectivity index (χ1v) is 9.92. The maximum Gasteiger partial charge on any atom is 0.434 e. The highest BCUT2D eigenvalue weighted by molar-refractivity contribution is 7.09. The molecule has 0 spiro atoms. The molecule has 3 rings (SSSR count). The lowest BCUT2D eigenvalue weighted by Gasteiger charge is -2.13. The second-order valence-corrected chi connectivity index (χ2v) is 7.20. The Morgan fingerprint density at radius 3 is 2.53 bits per heavy atom. The first-order valence-electron chi connectivity index (χ1n) is 9.04. The van der Waals surface area contributed by atoms with Gasteiger partial charge < -0.3 is 10.1 Å². The number of aromatic nitrogens is 2. The fourth-order valence-corrected chi connectivity index (χ4v) is 3.49. The van der Waals surface area contributed by atoms with Crippen LogP contribution in [0.3, 0.4) is 0 Å². The summed E-state index contributed by atoms with van der Waals surface area (Å²) in [5, 5.41) is 8.43. The molecule has 0 aliphatic heterocycles. The molecule has 6 nitrogen and oxygen atoms in total. The van der Waals surface area contributed by atoms with Gasteiger partial charge in [-0.3, -0.25) is 4.79 Å². The maximum atomic E-state index is 13.6. The molecule has 0 atom stereocenters. The molecule has 3 aromatic rings. The van der Waals surface area contributed by atoms with E-state index >= 15 is 0 Å². The smallest absolute Gasteiger partial charge is 0.434 e. The number of rotatable bonds is 7. The van der Waals surface area contributed by atoms with Crippen LogP contribution in [-0.2, 0) is 17.3 Å². The molecule has 0 aliphatic carbocycles. The van der Waals surface area contributed by atoms with Gasteiger partial charge >= 0.3 is 12.1 Å². The van der Waals surface area contributed by atoms with Crippen molar-refractivity contribution in [1.82, 2.24) is 15.1 Å². The first-order chi connectivity index (χ1) is 14.3. The minimum atomic E-state index is -4.82. The monoisotopic (exact) mass is 437 g/mol. The van der Waals surface area contributed by atoms with Gasteiger partial charge in [0.1, 0.15) is 5.56 Å². The molecule has 0 saturated heterocycles. The molecule has 2 heterocycles. The average molecular weight is 437 g/mol. The zero-order valence-corrected chi connectivity index (χ0v) is 16.7. The molecular weight excluding hydrogens is 419 g/mol. The molecule has 1 N–H and O–H groups in total. The van der Waals surface area contributed by atoms with Gasteiger partial charge in [0.25, 0.3) is 5.91 Å². The number of hydrogen-bond donors (Lipinski definition) is 1. The van der Waals surface area contributed by atoms with Crippen LogP contribution in [-0.4, -0.2) is 34.8 Å². The summed E-state index contributed by atoms with van der Waals surface area (Å²) in [5.41, 5.74) is -1.53. The van der Waals surface area contributed by atoms with Gasteiger partial charge in [0.05, 0.1) is 18.5 Å². The van der Waals surface area contributed by atoms with Gasteiger partial charge in [-0.05, 0) is 49.1 Å². The van der Waals surface area contributed by atoms with Crippen molar-refractivity contribution in [2.24, 2.45) is 0 Å². The van der Waals surface area contributed by atoms with Gasteiger partial charge in [-0.25, -0.2) is 9.48 Å². The Morgan fingerprint density at radius 1 is 1.20 bits per heavy atom. The van der Waals surface area contributed by atoms with Crippen LogP contribution in [0.15, 0.2) is 48.0 Å². The van der Waals surface area contributed by atoms with Crippen molar-refractivity contribution in [2.45, 2.75) is 19.5 Å². The van der Waals surface area contributed by atoms with Crippen LogP contribution in [0.5, 0.6) is 0 Å². The fourth-order valence-electron chi connectivity index (χ4n) is 2.79. The third-order valence-corrected chi connectivity index (χ3v) is 5.08. The molecule has 2 aromatic heterocycles. The van der Waals surface area contributed by atoms with Crippen molar-refractivity contribution in [2.75, 3.05) is 13.2 Å². The van der Waals surface area contributed by atoms with Crippen LogP contribution >= 0.6 is 11.3 Å². The van der Waals surface area contributed by atoms with Crippen LogP contribution < -0.4 is 5.32 Å². The van der Waals surface area contributed by atoms with Crippen LogP contribution in [0.2, 0.25) is 0 Å². The van der Waals surface area contributed by atoms with Gasteiger partial charge in [-0.15, -0.1) is 11.3 Å². The SMILES string of the molecule is CCOC(=O)c1cnn(-c2ccc(C(=O)NCCc3cccs3)cc2)c1C(F)(F)F. The summed E-state index contributed by atoms with van der Waals surface area (Å²) in [5.74, 6) is -1.43. The van der Waals surface area contributed by atoms with E-state index in [0.29, 0.717) is 23.2 Å². The zero-order valence-electron chi connectivity index (χ0n) is 15.9. The normalized spacial score (nSPS) is 11.3. The Kier molecular flexibility index (Phi) is 6.56. The number of ether oxygens (including phenoxy) is 1. The zero-order chi connectivity index (χ0) is 21.7. The number of esters is 1. The number of hydrogen-bond acceptors (Lipinski definition) is 5. The summed E-state index contributed by atoms with van der Waals surface area (Å²) in [6, 6.07) is 9.39. The summed E-state index contributed by atoms with van der Waals surface area (Å²) in [6.07, 6.45) is -3.30. The highest BCUT2D eigenvalue weighted by atomic mass is 32.1. The lowest BCUT2D eigenvalue weighted by atomic mass is 10.1. The van der Waals surface area contributed by atoms with Gasteiger partial charge in [-0.1, -0.05) is 6.07 Å². The number of alkyl halides is 3. The third-order valence-electron chi connectivity index (χ3n) is 4.14. The van der Waals surface area contributed by atoms with Crippen molar-refractivity contribution >= 4 is 23.2 Å². The number of amides is 1. The number of halogens is 3. The molecule has 1 amide bonds. The lowest BCUT2D eigenvalue weighted by Crippen LogP contribution is -2.25. The van der Waals surface area contributed by atoms with E-state index in [2.05, 4.69) is 15.2 Å². The standard InChI is InChI=1S/C20H18F3N3O3S/c1-2-29-19(28)16-12-25-26(17(16)20(21,22)23)14-7-5-13(6-8-14)18(27)24-10-9-15-4-3-11-30-15/h3-8,11-12H,2,9-10H2,1H3,(H,24,27). The van der Waals surface area contributed by atoms with E-state index in [0.717, 1.165) is 11.1 Å². The number of nitrogens with one attached hydrogen (secondary N) is 1. The number of carbonyl (C=O) groups excluding carboxylic acids is 2. The fraction of sp³-hybridized carbons (Fsp3) is 0.250. The second-order valence-electron chi connectivity index (χ2n) is 6.17. The molecule has 0 bridgehead atoms. The average Bonchev–Trinajstić information content (AvgIpc) is 3.38. The van der Waals surface area contributed by atoms with E-state index < -0.39 is 23.4 Å². The second kappa shape index (κ2) is 9.12. The molecule has 10 heteroatoms. The largest absolute Gasteiger partial charge is 0.462 e. The Labute approximate surface area is 174 Å². The van der Waals surface area contributed by atoms with Crippen molar-refractivity contribution in [3.63, 3.8) is 0 Å². The summed E-state index contributed by atoms with van der Waals surface area (Å²) in [4.78, 5) is 25.2. The summed E-state index contributed by atoms with van der Waals surface area (Å²) in [7, 11) is 0. The molecule has 0 unspecified atom stereocenters. The number of nitrogens with zero attached hydrogens (tertiary/aromatic N) is 2. The van der Waals surface area contributed by atoms with Crippen molar-refractivity contribution in [3.8, 4) is 5.69 Å². The molecule has 0 radical (unpaired) electrons. The van der Waals surface area contributed by atoms with Crippen molar-refractivity contribution in [3.05, 3.63) is 69.7 Å². The molecule has 0 fully saturated rings. The van der Waals surface area contributed by atoms with E-state index in [1.807, 2.05) is 17.5 Å². The minimum absolute atomic E-state index is 0.0579. The van der Waals surface area contributed by atoms with Gasteiger partial charge in [0.15, 0.2) is 5.69 Å². The third kappa shape index (κ3) is 4.88. The highest BCUT2D eigenvalue weighted by Crippen LogP contribution is 2.34. The summed E-state index contributed by atoms with van der Waals surface area (Å²) < 4.78 is 46.0. The highest BCUT2D eigenvalue weighted by Gasteiger charge is 2.41. The summed E-state index contributed by atoms with van der Waals surface area (Å²) >= 11 is 1.59. The minimum Gasteiger partial charge on any atom is -0.462 e. The van der Waals surface area contributed by atoms with Crippen LogP contribution in [0.4, 0.5) is 13.2 Å². The maximum absolute atomic E-state index is 13.6. The molecular formula is C20H18F3N3O3S. The van der Waals surface area contributed by atoms with Gasteiger partial charge in [0.2, 0.25) is 0 Å². The summed E-state index contributed by atoms with van der Waals surface area (Å²) in [6.45, 7) is 1.89. The molecule has 158 valence electrons. The molecule has 0 saturated carbocycles. The molecule has 0 aliphatic rings. The number of thiophene rings is 1. The van der Waals surface area contributed by atoms with Crippen LogP contribution in [0, 0.1) is 0 Å². The van der Waals surface area contributed by atoms with E-state index in [1.54, 1.807) is 11.3 Å². The predicted octanol–water partition coefficient (Wildman–Crippen LogP) is 4.10. The van der Waals surface area contributed by atoms with E-state index in [-0.39, 0.29) is 18.2 Å². The Morgan fingerprint density at radius 2 is 1.93 bits per heavy atom. The molecule has 1 aromatic carbocycles. The molecule has 30 heavy (non-hydrogen) atoms. The van der Waals surface area contributed by atoms with E-state index in [4.69, 9.17) is 0 Å². The number of benzene rings is 1. The van der Waals surface area contributed by atoms with Gasteiger partial charge in [-0.2, -0.15) is 18.3 Å². The topological polar surface area (TPSA) is 73.2 Å². The lowest BCUT2D eigenvalue weighted by molar-refractivity contribution is -0.143. The predicted molar refractivity (Wildman–Crippen MR) is 105 cm³/mol. The van der Waals surface area contributed by atoms with E-state index in [1.165, 1.54) is 31.2 Å². The Hall–Kier alpha value is -3.14. The Balaban J connectivity index is 1.77. The van der Waals surface area contributed by atoms with E-state index in [9.17, 15) is 22.8 Å². The van der Waals surface area contributed by atoms with Crippen LogP contribution in [0.1, 0.15) is 38.2 Å². The number of carbonyl (C=O) groups is 2. The van der Waals surface area contributed by atoms with Gasteiger partial charge in [0, 0.05) is 17.0 Å². The van der Waals surface area contributed by atoms with Crippen LogP contribution in [0.25, 0.3) is 5.69 Å². The first kappa shape index (κ1) is 21.6. The van der Waals surface area contributed by atoms with Crippen molar-refractivity contribution < 1.29 is 27.5 Å². The quantitative estimate of drug-likeness (QED) is 0.565.